The third-order valence-electron chi connectivity index (χ3n) is 3.33. The highest BCUT2D eigenvalue weighted by molar-refractivity contribution is 9.10. The fraction of sp³-hybridized carbons (Fsp3) is 0.188. The second kappa shape index (κ2) is 7.31. The lowest BCUT2D eigenvalue weighted by Gasteiger charge is -2.14. The number of hydrogen-bond donors (Lipinski definition) is 1. The summed E-state index contributed by atoms with van der Waals surface area (Å²) in [6.45, 7) is 1.81. The summed E-state index contributed by atoms with van der Waals surface area (Å²) < 4.78 is 11.1. The summed E-state index contributed by atoms with van der Waals surface area (Å²) in [4.78, 5) is 23.0. The Morgan fingerprint density at radius 1 is 1.21 bits per heavy atom. The molecule has 0 saturated heterocycles. The SMILES string of the molecule is COc1ccc([N+](=O)[O-])cc1NC(=O)c1cc(Br)cc(C)c1OC. The number of halogens is 1. The lowest BCUT2D eigenvalue weighted by Crippen LogP contribution is -2.14. The van der Waals surface area contributed by atoms with Crippen molar-refractivity contribution < 1.29 is 19.2 Å². The number of carbonyl (C=O) groups is 1. The number of nitrogens with one attached hydrogen (secondary N) is 1. The molecule has 2 aromatic carbocycles. The minimum absolute atomic E-state index is 0.150. The van der Waals surface area contributed by atoms with Crippen molar-refractivity contribution >= 4 is 33.2 Å². The molecule has 0 unspecified atom stereocenters. The van der Waals surface area contributed by atoms with Crippen molar-refractivity contribution in [2.24, 2.45) is 0 Å². The molecule has 0 bridgehead atoms. The van der Waals surface area contributed by atoms with Gasteiger partial charge >= 0.3 is 0 Å². The van der Waals surface area contributed by atoms with Gasteiger partial charge in [-0.3, -0.25) is 14.9 Å². The highest BCUT2D eigenvalue weighted by Gasteiger charge is 2.19. The first kappa shape index (κ1) is 17.7. The van der Waals surface area contributed by atoms with Gasteiger partial charge in [0.05, 0.1) is 30.4 Å². The van der Waals surface area contributed by atoms with Crippen LogP contribution in [0.3, 0.4) is 0 Å². The van der Waals surface area contributed by atoms with Gasteiger partial charge in [-0.1, -0.05) is 15.9 Å². The maximum absolute atomic E-state index is 12.6. The van der Waals surface area contributed by atoms with Crippen LogP contribution in [-0.4, -0.2) is 25.1 Å². The van der Waals surface area contributed by atoms with Crippen LogP contribution in [-0.2, 0) is 0 Å². The molecular formula is C16H15BrN2O5. The number of aryl methyl sites for hydroxylation is 1. The molecule has 0 heterocycles. The monoisotopic (exact) mass is 394 g/mol. The lowest BCUT2D eigenvalue weighted by molar-refractivity contribution is -0.384. The van der Waals surface area contributed by atoms with E-state index in [0.717, 1.165) is 10.0 Å². The average molecular weight is 395 g/mol. The number of nitro benzene ring substituents is 1. The number of anilines is 1. The molecule has 0 aromatic heterocycles. The summed E-state index contributed by atoms with van der Waals surface area (Å²) in [5.74, 6) is 0.287. The van der Waals surface area contributed by atoms with E-state index in [-0.39, 0.29) is 11.4 Å². The quantitative estimate of drug-likeness (QED) is 0.612. The molecule has 0 aliphatic carbocycles. The molecule has 2 aromatic rings. The van der Waals surface area contributed by atoms with E-state index < -0.39 is 10.8 Å². The van der Waals surface area contributed by atoms with Gasteiger partial charge in [0, 0.05) is 16.6 Å². The number of nitro groups is 1. The van der Waals surface area contributed by atoms with Crippen LogP contribution < -0.4 is 14.8 Å². The number of ether oxygens (including phenoxy) is 2. The van der Waals surface area contributed by atoms with Crippen LogP contribution in [0.4, 0.5) is 11.4 Å². The highest BCUT2D eigenvalue weighted by Crippen LogP contribution is 2.32. The van der Waals surface area contributed by atoms with Gasteiger partial charge < -0.3 is 14.8 Å². The largest absolute Gasteiger partial charge is 0.496 e. The van der Waals surface area contributed by atoms with E-state index >= 15 is 0 Å². The first-order valence-electron chi connectivity index (χ1n) is 6.85. The van der Waals surface area contributed by atoms with Crippen LogP contribution >= 0.6 is 15.9 Å². The molecule has 8 heteroatoms. The van der Waals surface area contributed by atoms with E-state index in [1.807, 2.05) is 13.0 Å². The van der Waals surface area contributed by atoms with Crippen LogP contribution in [0.25, 0.3) is 0 Å². The maximum Gasteiger partial charge on any atom is 0.271 e. The third kappa shape index (κ3) is 3.65. The number of amides is 1. The number of hydrogen-bond acceptors (Lipinski definition) is 5. The molecule has 0 fully saturated rings. The van der Waals surface area contributed by atoms with E-state index in [9.17, 15) is 14.9 Å². The number of methoxy groups -OCH3 is 2. The zero-order valence-corrected chi connectivity index (χ0v) is 14.8. The van der Waals surface area contributed by atoms with Gasteiger partial charge in [0.2, 0.25) is 0 Å². The van der Waals surface area contributed by atoms with E-state index in [2.05, 4.69) is 21.2 Å². The molecule has 0 spiro atoms. The Bertz CT molecular complexity index is 807. The number of carbonyl (C=O) groups excluding carboxylic acids is 1. The lowest BCUT2D eigenvalue weighted by atomic mass is 10.1. The maximum atomic E-state index is 12.6. The molecule has 7 nitrogen and oxygen atoms in total. The van der Waals surface area contributed by atoms with E-state index in [1.54, 1.807) is 6.07 Å². The van der Waals surface area contributed by atoms with Gasteiger partial charge in [0.15, 0.2) is 0 Å². The highest BCUT2D eigenvalue weighted by atomic mass is 79.9. The Balaban J connectivity index is 2.43. The normalized spacial score (nSPS) is 10.2. The van der Waals surface area contributed by atoms with Crippen molar-refractivity contribution in [1.29, 1.82) is 0 Å². The number of non-ortho nitro benzene ring substituents is 1. The van der Waals surface area contributed by atoms with E-state index in [0.29, 0.717) is 17.1 Å². The summed E-state index contributed by atoms with van der Waals surface area (Å²) >= 11 is 3.34. The van der Waals surface area contributed by atoms with Crippen LogP contribution in [0.1, 0.15) is 15.9 Å². The Kier molecular flexibility index (Phi) is 5.40. The molecule has 0 aliphatic rings. The summed E-state index contributed by atoms with van der Waals surface area (Å²) in [6, 6.07) is 7.41. The zero-order chi connectivity index (χ0) is 17.9. The topological polar surface area (TPSA) is 90.7 Å². The Morgan fingerprint density at radius 3 is 2.50 bits per heavy atom. The van der Waals surface area contributed by atoms with Crippen LogP contribution in [0.5, 0.6) is 11.5 Å². The average Bonchev–Trinajstić information content (AvgIpc) is 2.53. The van der Waals surface area contributed by atoms with Crippen molar-refractivity contribution in [3.63, 3.8) is 0 Å². The Hall–Kier alpha value is -2.61. The first-order valence-corrected chi connectivity index (χ1v) is 7.64. The third-order valence-corrected chi connectivity index (χ3v) is 3.79. The zero-order valence-electron chi connectivity index (χ0n) is 13.3. The van der Waals surface area contributed by atoms with Crippen molar-refractivity contribution in [2.75, 3.05) is 19.5 Å². The van der Waals surface area contributed by atoms with Crippen molar-refractivity contribution in [2.45, 2.75) is 6.92 Å². The van der Waals surface area contributed by atoms with Crippen molar-refractivity contribution in [1.82, 2.24) is 0 Å². The van der Waals surface area contributed by atoms with Gasteiger partial charge in [-0.2, -0.15) is 0 Å². The minimum Gasteiger partial charge on any atom is -0.496 e. The van der Waals surface area contributed by atoms with Gasteiger partial charge in [-0.15, -0.1) is 0 Å². The summed E-state index contributed by atoms with van der Waals surface area (Å²) in [7, 11) is 2.89. The summed E-state index contributed by atoms with van der Waals surface area (Å²) in [5, 5.41) is 13.6. The molecule has 0 saturated carbocycles. The van der Waals surface area contributed by atoms with E-state index in [4.69, 9.17) is 9.47 Å². The van der Waals surface area contributed by atoms with Gasteiger partial charge in [-0.25, -0.2) is 0 Å². The molecule has 0 radical (unpaired) electrons. The molecule has 1 amide bonds. The molecule has 24 heavy (non-hydrogen) atoms. The number of rotatable bonds is 5. The second-order valence-corrected chi connectivity index (χ2v) is 5.81. The number of benzene rings is 2. The predicted octanol–water partition coefficient (Wildman–Crippen LogP) is 3.94. The minimum atomic E-state index is -0.543. The summed E-state index contributed by atoms with van der Waals surface area (Å²) in [6.07, 6.45) is 0. The van der Waals surface area contributed by atoms with Crippen LogP contribution in [0.15, 0.2) is 34.8 Å². The standard InChI is InChI=1S/C16H15BrN2O5/c1-9-6-10(17)7-12(15(9)24-3)16(20)18-13-8-11(19(21)22)4-5-14(13)23-2/h4-8H,1-3H3,(H,18,20). The van der Waals surface area contributed by atoms with E-state index in [1.165, 1.54) is 32.4 Å². The Labute approximate surface area is 146 Å². The molecule has 126 valence electrons. The molecule has 0 aliphatic heterocycles. The van der Waals surface area contributed by atoms with Gasteiger partial charge in [0.1, 0.15) is 11.5 Å². The summed E-state index contributed by atoms with van der Waals surface area (Å²) in [5.41, 5.74) is 1.14. The van der Waals surface area contributed by atoms with Gasteiger partial charge in [-0.05, 0) is 30.7 Å². The number of nitrogens with zero attached hydrogens (tertiary/aromatic N) is 1. The van der Waals surface area contributed by atoms with Crippen LogP contribution in [0.2, 0.25) is 0 Å². The van der Waals surface area contributed by atoms with Crippen molar-refractivity contribution in [3.8, 4) is 11.5 Å². The molecule has 2 rings (SSSR count). The van der Waals surface area contributed by atoms with Crippen LogP contribution in [0, 0.1) is 17.0 Å². The smallest absolute Gasteiger partial charge is 0.271 e. The fourth-order valence-electron chi connectivity index (χ4n) is 2.27. The molecule has 1 N–H and O–H groups in total. The van der Waals surface area contributed by atoms with Crippen molar-refractivity contribution in [3.05, 3.63) is 56.0 Å². The first-order chi connectivity index (χ1) is 11.4. The second-order valence-electron chi connectivity index (χ2n) is 4.90. The van der Waals surface area contributed by atoms with Gasteiger partial charge in [0.25, 0.3) is 11.6 Å². The fourth-order valence-corrected chi connectivity index (χ4v) is 2.84. The molecule has 0 atom stereocenters. The Morgan fingerprint density at radius 2 is 1.92 bits per heavy atom. The predicted molar refractivity (Wildman–Crippen MR) is 93.0 cm³/mol. The molecular weight excluding hydrogens is 380 g/mol.